The first-order valence-electron chi connectivity index (χ1n) is 9.04. The fourth-order valence-electron chi connectivity index (χ4n) is 3.56. The van der Waals surface area contributed by atoms with Crippen molar-refractivity contribution in [2.75, 3.05) is 0 Å². The third-order valence-electron chi connectivity index (χ3n) is 4.90. The average Bonchev–Trinajstić information content (AvgIpc) is 3.37. The number of aryl methyl sites for hydroxylation is 1. The fourth-order valence-corrected chi connectivity index (χ4v) is 4.28. The van der Waals surface area contributed by atoms with Crippen LogP contribution in [0.2, 0.25) is 0 Å². The Bertz CT molecular complexity index is 1120. The maximum Gasteiger partial charge on any atom is 0.226 e. The Hall–Kier alpha value is -3.07. The molecule has 1 aliphatic heterocycles. The van der Waals surface area contributed by atoms with Crippen LogP contribution in [0.5, 0.6) is 0 Å². The number of carbonyl (C=O) groups excluding carboxylic acids is 1. The summed E-state index contributed by atoms with van der Waals surface area (Å²) in [4.78, 5) is 17.8. The first-order valence-corrected chi connectivity index (χ1v) is 9.92. The molecule has 0 aliphatic carbocycles. The van der Waals surface area contributed by atoms with Crippen molar-refractivity contribution in [3.63, 3.8) is 0 Å². The highest BCUT2D eigenvalue weighted by molar-refractivity contribution is 7.15. The van der Waals surface area contributed by atoms with Crippen LogP contribution in [0.15, 0.2) is 42.0 Å². The molecule has 3 aromatic heterocycles. The molecule has 0 unspecified atom stereocenters. The van der Waals surface area contributed by atoms with Crippen LogP contribution in [-0.2, 0) is 24.2 Å². The molecule has 4 heterocycles. The predicted octanol–water partition coefficient (Wildman–Crippen LogP) is 2.47. The first-order chi connectivity index (χ1) is 13.7. The van der Waals surface area contributed by atoms with Gasteiger partial charge >= 0.3 is 0 Å². The van der Waals surface area contributed by atoms with Crippen LogP contribution >= 0.6 is 11.3 Å². The van der Waals surface area contributed by atoms with E-state index in [0.717, 1.165) is 34.9 Å². The highest BCUT2D eigenvalue weighted by atomic mass is 32.1. The summed E-state index contributed by atoms with van der Waals surface area (Å²) in [6, 6.07) is 6.21. The molecule has 1 aliphatic rings. The zero-order valence-corrected chi connectivity index (χ0v) is 15.7. The van der Waals surface area contributed by atoms with Crippen molar-refractivity contribution < 1.29 is 9.18 Å². The Labute approximate surface area is 163 Å². The van der Waals surface area contributed by atoms with Crippen molar-refractivity contribution in [2.24, 2.45) is 0 Å². The van der Waals surface area contributed by atoms with Gasteiger partial charge in [-0.05, 0) is 30.7 Å². The van der Waals surface area contributed by atoms with E-state index < -0.39 is 0 Å². The number of imidazole rings is 1. The Morgan fingerprint density at radius 3 is 2.96 bits per heavy atom. The van der Waals surface area contributed by atoms with E-state index in [4.69, 9.17) is 0 Å². The molecule has 4 aromatic rings. The quantitative estimate of drug-likeness (QED) is 0.575. The van der Waals surface area contributed by atoms with Gasteiger partial charge in [-0.3, -0.25) is 9.20 Å². The number of benzene rings is 1. The Kier molecular flexibility index (Phi) is 4.16. The Balaban J connectivity index is 1.28. The van der Waals surface area contributed by atoms with Gasteiger partial charge in [-0.25, -0.2) is 9.37 Å². The van der Waals surface area contributed by atoms with Gasteiger partial charge in [-0.1, -0.05) is 0 Å². The van der Waals surface area contributed by atoms with Crippen molar-refractivity contribution in [1.29, 1.82) is 0 Å². The largest absolute Gasteiger partial charge is 0.351 e. The van der Waals surface area contributed by atoms with Crippen LogP contribution in [-0.4, -0.2) is 36.1 Å². The smallest absolute Gasteiger partial charge is 0.226 e. The lowest BCUT2D eigenvalue weighted by atomic mass is 10.1. The number of aromatic nitrogens is 5. The second-order valence-electron chi connectivity index (χ2n) is 6.86. The molecule has 0 spiro atoms. The lowest BCUT2D eigenvalue weighted by molar-refractivity contribution is -0.121. The number of amides is 1. The minimum absolute atomic E-state index is 0.000990. The summed E-state index contributed by atoms with van der Waals surface area (Å²) >= 11 is 1.54. The molecule has 1 aromatic carbocycles. The summed E-state index contributed by atoms with van der Waals surface area (Å²) < 4.78 is 17.1. The third kappa shape index (κ3) is 3.18. The second-order valence-corrected chi connectivity index (χ2v) is 7.74. The van der Waals surface area contributed by atoms with Crippen LogP contribution in [0.25, 0.3) is 16.3 Å². The number of hydrogen-bond donors (Lipinski definition) is 1. The zero-order valence-electron chi connectivity index (χ0n) is 14.9. The topological polar surface area (TPSA) is 77.1 Å². The predicted molar refractivity (Wildman–Crippen MR) is 102 cm³/mol. The SMILES string of the molecule is O=C(Cc1cn2ccsc2n1)N[C@@H]1CCc2nnc(-c3ccc(F)cc3)n2C1. The summed E-state index contributed by atoms with van der Waals surface area (Å²) in [6.07, 6.45) is 5.62. The number of hydrogen-bond acceptors (Lipinski definition) is 5. The average molecular weight is 396 g/mol. The van der Waals surface area contributed by atoms with Crippen LogP contribution in [0.4, 0.5) is 4.39 Å². The molecule has 0 saturated heterocycles. The van der Waals surface area contributed by atoms with E-state index in [0.29, 0.717) is 12.4 Å². The molecule has 0 fully saturated rings. The lowest BCUT2D eigenvalue weighted by Gasteiger charge is -2.25. The molecular formula is C19H17FN6OS. The molecule has 28 heavy (non-hydrogen) atoms. The summed E-state index contributed by atoms with van der Waals surface area (Å²) in [5, 5.41) is 13.6. The molecule has 1 atom stereocenters. The summed E-state index contributed by atoms with van der Waals surface area (Å²) in [5.74, 6) is 1.25. The van der Waals surface area contributed by atoms with Crippen LogP contribution in [0.1, 0.15) is 17.9 Å². The minimum Gasteiger partial charge on any atom is -0.351 e. The highest BCUT2D eigenvalue weighted by Gasteiger charge is 2.25. The standard InChI is InChI=1S/C19H17FN6OS/c20-13-3-1-12(2-4-13)18-24-23-16-6-5-14(11-26(16)18)21-17(27)9-15-10-25-7-8-28-19(25)22-15/h1-4,7-8,10,14H,5-6,9,11H2,(H,21,27)/t14-/m1/s1. The zero-order chi connectivity index (χ0) is 19.1. The molecule has 0 saturated carbocycles. The number of carbonyl (C=O) groups is 1. The molecule has 5 rings (SSSR count). The van der Waals surface area contributed by atoms with Gasteiger partial charge in [0.05, 0.1) is 12.1 Å². The number of fused-ring (bicyclic) bond motifs is 2. The van der Waals surface area contributed by atoms with Crippen molar-refractivity contribution in [3.05, 3.63) is 59.4 Å². The Morgan fingerprint density at radius 1 is 1.29 bits per heavy atom. The third-order valence-corrected chi connectivity index (χ3v) is 5.67. The van der Waals surface area contributed by atoms with Crippen LogP contribution < -0.4 is 5.32 Å². The van der Waals surface area contributed by atoms with E-state index in [-0.39, 0.29) is 24.2 Å². The number of thiazole rings is 1. The van der Waals surface area contributed by atoms with Crippen LogP contribution in [0, 0.1) is 5.82 Å². The van der Waals surface area contributed by atoms with Gasteiger partial charge in [0.15, 0.2) is 10.8 Å². The molecule has 1 amide bonds. The van der Waals surface area contributed by atoms with Gasteiger partial charge in [-0.15, -0.1) is 21.5 Å². The lowest BCUT2D eigenvalue weighted by Crippen LogP contribution is -2.41. The summed E-state index contributed by atoms with van der Waals surface area (Å²) in [6.45, 7) is 0.596. The van der Waals surface area contributed by atoms with E-state index in [1.807, 2.05) is 26.7 Å². The van der Waals surface area contributed by atoms with E-state index in [1.165, 1.54) is 12.1 Å². The second kappa shape index (κ2) is 6.83. The first kappa shape index (κ1) is 17.1. The van der Waals surface area contributed by atoms with Gasteiger partial charge in [-0.2, -0.15) is 0 Å². The van der Waals surface area contributed by atoms with Gasteiger partial charge in [0.25, 0.3) is 0 Å². The van der Waals surface area contributed by atoms with Crippen molar-refractivity contribution >= 4 is 22.2 Å². The maximum atomic E-state index is 13.2. The normalized spacial score (nSPS) is 16.2. The van der Waals surface area contributed by atoms with Gasteiger partial charge in [0.1, 0.15) is 11.6 Å². The van der Waals surface area contributed by atoms with Crippen LogP contribution in [0.3, 0.4) is 0 Å². The van der Waals surface area contributed by atoms with E-state index in [9.17, 15) is 9.18 Å². The molecule has 1 N–H and O–H groups in total. The molecule has 0 radical (unpaired) electrons. The van der Waals surface area contributed by atoms with Crippen molar-refractivity contribution in [3.8, 4) is 11.4 Å². The van der Waals surface area contributed by atoms with E-state index in [1.54, 1.807) is 23.5 Å². The van der Waals surface area contributed by atoms with E-state index in [2.05, 4.69) is 20.5 Å². The van der Waals surface area contributed by atoms with Gasteiger partial charge < -0.3 is 9.88 Å². The molecule has 0 bridgehead atoms. The van der Waals surface area contributed by atoms with E-state index >= 15 is 0 Å². The van der Waals surface area contributed by atoms with Gasteiger partial charge in [0.2, 0.25) is 5.91 Å². The summed E-state index contributed by atoms with van der Waals surface area (Å²) in [7, 11) is 0. The van der Waals surface area contributed by atoms with Crippen molar-refractivity contribution in [1.82, 2.24) is 29.5 Å². The fraction of sp³-hybridized carbons (Fsp3) is 0.263. The molecule has 9 heteroatoms. The monoisotopic (exact) mass is 396 g/mol. The Morgan fingerprint density at radius 2 is 2.14 bits per heavy atom. The number of rotatable bonds is 4. The summed E-state index contributed by atoms with van der Waals surface area (Å²) in [5.41, 5.74) is 1.57. The number of halogens is 1. The van der Waals surface area contributed by atoms with Gasteiger partial charge in [0, 0.05) is 42.3 Å². The molecular weight excluding hydrogens is 379 g/mol. The maximum absolute atomic E-state index is 13.2. The molecule has 7 nitrogen and oxygen atoms in total. The molecule has 142 valence electrons. The minimum atomic E-state index is -0.286. The number of nitrogens with zero attached hydrogens (tertiary/aromatic N) is 5. The highest BCUT2D eigenvalue weighted by Crippen LogP contribution is 2.23. The van der Waals surface area contributed by atoms with Crippen molar-refractivity contribution in [2.45, 2.75) is 31.8 Å². The number of nitrogens with one attached hydrogen (secondary N) is 1.